The van der Waals surface area contributed by atoms with Crippen molar-refractivity contribution in [2.24, 2.45) is 0 Å². The van der Waals surface area contributed by atoms with E-state index in [1.54, 1.807) is 30.7 Å². The molecule has 1 N–H and O–H groups in total. The highest BCUT2D eigenvalue weighted by Gasteiger charge is 2.18. The zero-order valence-corrected chi connectivity index (χ0v) is 17.8. The van der Waals surface area contributed by atoms with Gasteiger partial charge in [-0.3, -0.25) is 19.7 Å². The molecule has 0 aliphatic carbocycles. The van der Waals surface area contributed by atoms with Crippen LogP contribution in [0.25, 0.3) is 0 Å². The largest absolute Gasteiger partial charge is 0.347 e. The Balaban J connectivity index is 1.90. The molecule has 0 fully saturated rings. The van der Waals surface area contributed by atoms with Gasteiger partial charge >= 0.3 is 0 Å². The monoisotopic (exact) mass is 406 g/mol. The van der Waals surface area contributed by atoms with E-state index in [2.05, 4.69) is 22.2 Å². The van der Waals surface area contributed by atoms with Crippen LogP contribution in [0.1, 0.15) is 66.6 Å². The molecule has 1 amide bonds. The highest BCUT2D eigenvalue weighted by molar-refractivity contribution is 5.94. The number of amides is 1. The lowest BCUT2D eigenvalue weighted by atomic mass is 9.95. The number of rotatable bonds is 6. The van der Waals surface area contributed by atoms with E-state index in [0.29, 0.717) is 18.4 Å². The summed E-state index contributed by atoms with van der Waals surface area (Å²) in [4.78, 5) is 26.0. The minimum Gasteiger partial charge on any atom is -0.347 e. The Morgan fingerprint density at radius 1 is 1.07 bits per heavy atom. The van der Waals surface area contributed by atoms with Gasteiger partial charge in [-0.1, -0.05) is 19.1 Å². The van der Waals surface area contributed by atoms with E-state index in [0.717, 1.165) is 22.6 Å². The number of pyridine rings is 1. The van der Waals surface area contributed by atoms with Crippen molar-refractivity contribution in [3.63, 3.8) is 0 Å². The molecule has 0 aliphatic heterocycles. The molecule has 0 unspecified atom stereocenters. The second-order valence-electron chi connectivity index (χ2n) is 8.57. The quantitative estimate of drug-likeness (QED) is 0.656. The smallest absolute Gasteiger partial charge is 0.251 e. The van der Waals surface area contributed by atoms with E-state index in [9.17, 15) is 9.18 Å². The van der Waals surface area contributed by atoms with Gasteiger partial charge in [-0.25, -0.2) is 4.39 Å². The number of nitrogens with one attached hydrogen (secondary N) is 1. The fourth-order valence-corrected chi connectivity index (χ4v) is 3.22. The van der Waals surface area contributed by atoms with Crippen LogP contribution in [0, 0.1) is 5.82 Å². The van der Waals surface area contributed by atoms with Gasteiger partial charge in [0.15, 0.2) is 0 Å². The van der Waals surface area contributed by atoms with Crippen molar-refractivity contribution in [2.45, 2.75) is 52.0 Å². The Labute approximate surface area is 176 Å². The fraction of sp³-hybridized carbons (Fsp3) is 0.333. The van der Waals surface area contributed by atoms with Gasteiger partial charge in [0.05, 0.1) is 5.69 Å². The van der Waals surface area contributed by atoms with E-state index in [-0.39, 0.29) is 23.2 Å². The predicted molar refractivity (Wildman–Crippen MR) is 115 cm³/mol. The van der Waals surface area contributed by atoms with E-state index < -0.39 is 0 Å². The molecular weight excluding hydrogens is 379 g/mol. The summed E-state index contributed by atoms with van der Waals surface area (Å²) < 4.78 is 13.2. The van der Waals surface area contributed by atoms with Gasteiger partial charge in [0.25, 0.3) is 5.91 Å². The molecule has 0 radical (unpaired) electrons. The first-order valence-electron chi connectivity index (χ1n) is 10.0. The van der Waals surface area contributed by atoms with Gasteiger partial charge < -0.3 is 5.32 Å². The van der Waals surface area contributed by atoms with Crippen LogP contribution in [-0.4, -0.2) is 26.4 Å². The molecular formula is C24H27FN4O. The molecule has 2 heterocycles. The average molecular weight is 407 g/mol. The number of carbonyl (C=O) groups excluding carboxylic acids is 1. The van der Waals surface area contributed by atoms with Gasteiger partial charge in [-0.2, -0.15) is 0 Å². The molecule has 0 saturated carbocycles. The summed E-state index contributed by atoms with van der Waals surface area (Å²) in [6, 6.07) is 10.1. The van der Waals surface area contributed by atoms with E-state index in [1.165, 1.54) is 12.1 Å². The van der Waals surface area contributed by atoms with Crippen LogP contribution in [0.4, 0.5) is 4.39 Å². The lowest BCUT2D eigenvalue weighted by Crippen LogP contribution is -2.40. The zero-order valence-electron chi connectivity index (χ0n) is 17.8. The maximum absolute atomic E-state index is 13.2. The summed E-state index contributed by atoms with van der Waals surface area (Å²) in [5.41, 5.74) is 3.62. The van der Waals surface area contributed by atoms with Gasteiger partial charge in [0.2, 0.25) is 0 Å². The van der Waals surface area contributed by atoms with E-state index in [4.69, 9.17) is 4.98 Å². The lowest BCUT2D eigenvalue weighted by molar-refractivity contribution is 0.0919. The molecule has 3 aromatic rings. The first-order chi connectivity index (χ1) is 14.2. The van der Waals surface area contributed by atoms with Gasteiger partial charge in [-0.05, 0) is 62.9 Å². The Morgan fingerprint density at radius 3 is 2.40 bits per heavy atom. The molecule has 2 aromatic heterocycles. The number of nitrogens with zero attached hydrogens (tertiary/aromatic N) is 3. The Bertz CT molecular complexity index is 998. The van der Waals surface area contributed by atoms with Crippen LogP contribution < -0.4 is 5.32 Å². The predicted octanol–water partition coefficient (Wildman–Crippen LogP) is 4.48. The average Bonchev–Trinajstić information content (AvgIpc) is 2.68. The molecule has 1 atom stereocenters. The highest BCUT2D eigenvalue weighted by atomic mass is 19.1. The molecule has 0 bridgehead atoms. The molecule has 5 nitrogen and oxygen atoms in total. The van der Waals surface area contributed by atoms with Crippen molar-refractivity contribution in [3.8, 4) is 0 Å². The van der Waals surface area contributed by atoms with Crippen LogP contribution in [0.3, 0.4) is 0 Å². The fourth-order valence-electron chi connectivity index (χ4n) is 3.22. The summed E-state index contributed by atoms with van der Waals surface area (Å²) in [5, 5.41) is 3.01. The number of aromatic nitrogens is 3. The second kappa shape index (κ2) is 9.11. The summed E-state index contributed by atoms with van der Waals surface area (Å²) in [6.07, 6.45) is 6.09. The summed E-state index contributed by atoms with van der Waals surface area (Å²) >= 11 is 0. The molecule has 156 valence electrons. The van der Waals surface area contributed by atoms with Crippen LogP contribution in [0.5, 0.6) is 0 Å². The molecule has 0 saturated heterocycles. The number of benzene rings is 1. The number of hydrogen-bond donors (Lipinski definition) is 1. The van der Waals surface area contributed by atoms with Gasteiger partial charge in [-0.15, -0.1) is 0 Å². The maximum Gasteiger partial charge on any atom is 0.251 e. The maximum atomic E-state index is 13.2. The third kappa shape index (κ3) is 6.17. The minimum absolute atomic E-state index is 0.128. The Kier molecular flexibility index (Phi) is 6.55. The summed E-state index contributed by atoms with van der Waals surface area (Å²) in [6.45, 7) is 7.91. The van der Waals surface area contributed by atoms with Crippen molar-refractivity contribution in [1.29, 1.82) is 0 Å². The van der Waals surface area contributed by atoms with Crippen LogP contribution in [0.2, 0.25) is 0 Å². The third-order valence-electron chi connectivity index (χ3n) is 4.62. The third-order valence-corrected chi connectivity index (χ3v) is 4.62. The van der Waals surface area contributed by atoms with Crippen molar-refractivity contribution < 1.29 is 9.18 Å². The molecule has 30 heavy (non-hydrogen) atoms. The van der Waals surface area contributed by atoms with Crippen LogP contribution >= 0.6 is 0 Å². The van der Waals surface area contributed by atoms with Crippen LogP contribution in [-0.2, 0) is 12.8 Å². The van der Waals surface area contributed by atoms with Crippen molar-refractivity contribution in [3.05, 3.63) is 89.0 Å². The normalized spacial score (nSPS) is 12.4. The van der Waals surface area contributed by atoms with Gasteiger partial charge in [0, 0.05) is 47.5 Å². The second-order valence-corrected chi connectivity index (χ2v) is 8.57. The number of hydrogen-bond acceptors (Lipinski definition) is 4. The van der Waals surface area contributed by atoms with Crippen molar-refractivity contribution >= 4 is 5.91 Å². The van der Waals surface area contributed by atoms with E-state index in [1.807, 2.05) is 32.9 Å². The van der Waals surface area contributed by atoms with Crippen molar-refractivity contribution in [1.82, 2.24) is 20.3 Å². The molecule has 3 rings (SSSR count). The zero-order chi connectivity index (χ0) is 21.7. The molecule has 0 aliphatic rings. The Hall–Kier alpha value is -3.15. The first kappa shape index (κ1) is 21.6. The summed E-state index contributed by atoms with van der Waals surface area (Å²) in [5.74, 6) is -0.263. The minimum atomic E-state index is -0.340. The molecule has 6 heteroatoms. The van der Waals surface area contributed by atoms with E-state index >= 15 is 0 Å². The van der Waals surface area contributed by atoms with Crippen molar-refractivity contribution in [2.75, 3.05) is 0 Å². The summed E-state index contributed by atoms with van der Waals surface area (Å²) in [7, 11) is 0. The molecule has 0 spiro atoms. The van der Waals surface area contributed by atoms with Gasteiger partial charge in [0.1, 0.15) is 5.82 Å². The lowest BCUT2D eigenvalue weighted by Gasteiger charge is -2.21. The first-order valence-corrected chi connectivity index (χ1v) is 10.0. The topological polar surface area (TPSA) is 67.8 Å². The number of halogens is 1. The standard InChI is InChI=1S/C24H27FN4O/c1-16(17-5-7-19(25)8-6-17)11-20-12-18(23(30)29-24(2,3)4)13-21(28-20)14-22-15-26-9-10-27-22/h5-10,12-13,15-16H,11,14H2,1-4H3,(H,29,30)/t16-/m1/s1. The Morgan fingerprint density at radius 2 is 1.77 bits per heavy atom. The molecule has 1 aromatic carbocycles. The highest BCUT2D eigenvalue weighted by Crippen LogP contribution is 2.21. The van der Waals surface area contributed by atoms with Crippen LogP contribution in [0.15, 0.2) is 55.0 Å². The SMILES string of the molecule is C[C@H](Cc1cc(C(=O)NC(C)(C)C)cc(Cc2cnccn2)n1)c1ccc(F)cc1. The number of carbonyl (C=O) groups is 1.